The van der Waals surface area contributed by atoms with Crippen LogP contribution < -0.4 is 10.1 Å². The first-order valence-corrected chi connectivity index (χ1v) is 6.89. The molecule has 0 heterocycles. The average molecular weight is 302 g/mol. The number of halogens is 1. The van der Waals surface area contributed by atoms with E-state index in [9.17, 15) is 4.79 Å². The summed E-state index contributed by atoms with van der Waals surface area (Å²) in [7, 11) is 1.62. The molecule has 0 aliphatic carbocycles. The molecular weight excluding hydrogens is 286 g/mol. The van der Waals surface area contributed by atoms with Gasteiger partial charge in [0.25, 0.3) is 0 Å². The Kier molecular flexibility index (Phi) is 5.41. The summed E-state index contributed by atoms with van der Waals surface area (Å²) in [6, 6.07) is 14.9. The normalized spacial score (nSPS) is 10.6. The SMILES string of the molecule is COc1ccc(/C=C/C(=O)NCc2cccc(Cl)c2)cc1. The van der Waals surface area contributed by atoms with Gasteiger partial charge in [-0.2, -0.15) is 0 Å². The van der Waals surface area contributed by atoms with Crippen LogP contribution in [-0.4, -0.2) is 13.0 Å². The molecule has 0 fully saturated rings. The van der Waals surface area contributed by atoms with Crippen molar-refractivity contribution in [1.29, 1.82) is 0 Å². The number of carbonyl (C=O) groups is 1. The van der Waals surface area contributed by atoms with Crippen LogP contribution in [0.15, 0.2) is 54.6 Å². The lowest BCUT2D eigenvalue weighted by Gasteiger charge is -2.03. The summed E-state index contributed by atoms with van der Waals surface area (Å²) in [6.07, 6.45) is 3.26. The van der Waals surface area contributed by atoms with E-state index in [1.54, 1.807) is 19.3 Å². The minimum absolute atomic E-state index is 0.147. The zero-order valence-corrected chi connectivity index (χ0v) is 12.4. The number of nitrogens with one attached hydrogen (secondary N) is 1. The maximum absolute atomic E-state index is 11.7. The Morgan fingerprint density at radius 2 is 2.00 bits per heavy atom. The highest BCUT2D eigenvalue weighted by Crippen LogP contribution is 2.12. The third-order valence-corrected chi connectivity index (χ3v) is 3.13. The van der Waals surface area contributed by atoms with Gasteiger partial charge >= 0.3 is 0 Å². The third-order valence-electron chi connectivity index (χ3n) is 2.90. The number of ether oxygens (including phenoxy) is 1. The lowest BCUT2D eigenvalue weighted by Crippen LogP contribution is -2.20. The van der Waals surface area contributed by atoms with Gasteiger partial charge in [0.05, 0.1) is 7.11 Å². The molecule has 0 aliphatic heterocycles. The highest BCUT2D eigenvalue weighted by atomic mass is 35.5. The van der Waals surface area contributed by atoms with Crippen molar-refractivity contribution in [2.24, 2.45) is 0 Å². The number of benzene rings is 2. The molecule has 108 valence electrons. The molecule has 0 aliphatic rings. The molecule has 0 aromatic heterocycles. The minimum atomic E-state index is -0.147. The summed E-state index contributed by atoms with van der Waals surface area (Å²) in [6.45, 7) is 0.451. The predicted molar refractivity (Wildman–Crippen MR) is 85.3 cm³/mol. The molecule has 0 spiro atoms. The van der Waals surface area contributed by atoms with Crippen LogP contribution in [0.25, 0.3) is 6.08 Å². The van der Waals surface area contributed by atoms with Gasteiger partial charge in [-0.05, 0) is 41.5 Å². The molecule has 2 rings (SSSR count). The van der Waals surface area contributed by atoms with Gasteiger partial charge in [0.1, 0.15) is 5.75 Å². The Labute approximate surface area is 129 Å². The molecule has 0 atom stereocenters. The van der Waals surface area contributed by atoms with Crippen LogP contribution in [0.2, 0.25) is 5.02 Å². The second kappa shape index (κ2) is 7.50. The van der Waals surface area contributed by atoms with Crippen molar-refractivity contribution in [1.82, 2.24) is 5.32 Å². The highest BCUT2D eigenvalue weighted by Gasteiger charge is 1.98. The Hall–Kier alpha value is -2.26. The van der Waals surface area contributed by atoms with Gasteiger partial charge in [-0.25, -0.2) is 0 Å². The van der Waals surface area contributed by atoms with E-state index in [0.29, 0.717) is 11.6 Å². The Balaban J connectivity index is 1.87. The quantitative estimate of drug-likeness (QED) is 0.856. The van der Waals surface area contributed by atoms with Gasteiger partial charge in [0, 0.05) is 17.6 Å². The lowest BCUT2D eigenvalue weighted by atomic mass is 10.2. The van der Waals surface area contributed by atoms with E-state index < -0.39 is 0 Å². The molecule has 0 saturated heterocycles. The van der Waals surface area contributed by atoms with Crippen molar-refractivity contribution < 1.29 is 9.53 Å². The van der Waals surface area contributed by atoms with Crippen molar-refractivity contribution in [2.45, 2.75) is 6.54 Å². The van der Waals surface area contributed by atoms with Crippen LogP contribution in [-0.2, 0) is 11.3 Å². The van der Waals surface area contributed by atoms with Crippen LogP contribution in [0.1, 0.15) is 11.1 Å². The number of amides is 1. The number of hydrogen-bond acceptors (Lipinski definition) is 2. The molecular formula is C17H16ClNO2. The zero-order chi connectivity index (χ0) is 15.1. The molecule has 0 unspecified atom stereocenters. The maximum Gasteiger partial charge on any atom is 0.244 e. The van der Waals surface area contributed by atoms with Gasteiger partial charge in [-0.1, -0.05) is 35.9 Å². The summed E-state index contributed by atoms with van der Waals surface area (Å²) in [5, 5.41) is 3.47. The first-order chi connectivity index (χ1) is 10.2. The van der Waals surface area contributed by atoms with E-state index in [2.05, 4.69) is 5.32 Å². The van der Waals surface area contributed by atoms with Crippen LogP contribution in [0.4, 0.5) is 0 Å². The number of hydrogen-bond donors (Lipinski definition) is 1. The smallest absolute Gasteiger partial charge is 0.244 e. The topological polar surface area (TPSA) is 38.3 Å². The fourth-order valence-electron chi connectivity index (χ4n) is 1.78. The average Bonchev–Trinajstić information content (AvgIpc) is 2.51. The molecule has 4 heteroatoms. The Bertz CT molecular complexity index is 635. The molecule has 2 aromatic carbocycles. The monoisotopic (exact) mass is 301 g/mol. The largest absolute Gasteiger partial charge is 0.497 e. The number of rotatable bonds is 5. The first kappa shape index (κ1) is 15.1. The van der Waals surface area contributed by atoms with Crippen molar-refractivity contribution in [3.63, 3.8) is 0 Å². The number of carbonyl (C=O) groups excluding carboxylic acids is 1. The summed E-state index contributed by atoms with van der Waals surface area (Å²) in [5.74, 6) is 0.642. The van der Waals surface area contributed by atoms with Crippen LogP contribution in [0.5, 0.6) is 5.75 Å². The lowest BCUT2D eigenvalue weighted by molar-refractivity contribution is -0.116. The van der Waals surface area contributed by atoms with Gasteiger partial charge in [0.15, 0.2) is 0 Å². The second-order valence-corrected chi connectivity index (χ2v) is 4.89. The van der Waals surface area contributed by atoms with Crippen molar-refractivity contribution >= 4 is 23.6 Å². The Morgan fingerprint density at radius 1 is 1.24 bits per heavy atom. The molecule has 1 amide bonds. The van der Waals surface area contributed by atoms with Gasteiger partial charge in [-0.3, -0.25) is 4.79 Å². The van der Waals surface area contributed by atoms with E-state index >= 15 is 0 Å². The van der Waals surface area contributed by atoms with Gasteiger partial charge in [-0.15, -0.1) is 0 Å². The summed E-state index contributed by atoms with van der Waals surface area (Å²) in [4.78, 5) is 11.7. The predicted octanol–water partition coefficient (Wildman–Crippen LogP) is 3.68. The van der Waals surface area contributed by atoms with Crippen LogP contribution in [0.3, 0.4) is 0 Å². The van der Waals surface area contributed by atoms with Crippen molar-refractivity contribution in [3.8, 4) is 5.75 Å². The van der Waals surface area contributed by atoms with Gasteiger partial charge < -0.3 is 10.1 Å². The van der Waals surface area contributed by atoms with Crippen molar-refractivity contribution in [3.05, 3.63) is 70.8 Å². The first-order valence-electron chi connectivity index (χ1n) is 6.52. The third kappa shape index (κ3) is 4.97. The minimum Gasteiger partial charge on any atom is -0.497 e. The summed E-state index contributed by atoms with van der Waals surface area (Å²) in [5.41, 5.74) is 1.91. The second-order valence-electron chi connectivity index (χ2n) is 4.45. The highest BCUT2D eigenvalue weighted by molar-refractivity contribution is 6.30. The molecule has 0 radical (unpaired) electrons. The molecule has 0 saturated carbocycles. The van der Waals surface area contributed by atoms with E-state index in [-0.39, 0.29) is 5.91 Å². The van der Waals surface area contributed by atoms with E-state index in [4.69, 9.17) is 16.3 Å². The summed E-state index contributed by atoms with van der Waals surface area (Å²) >= 11 is 5.89. The van der Waals surface area contributed by atoms with Gasteiger partial charge in [0.2, 0.25) is 5.91 Å². The fraction of sp³-hybridized carbons (Fsp3) is 0.118. The summed E-state index contributed by atoms with van der Waals surface area (Å²) < 4.78 is 5.08. The van der Waals surface area contributed by atoms with Crippen molar-refractivity contribution in [2.75, 3.05) is 7.11 Å². The standard InChI is InChI=1S/C17H16ClNO2/c1-21-16-8-5-13(6-9-16)7-10-17(20)19-12-14-3-2-4-15(18)11-14/h2-11H,12H2,1H3,(H,19,20)/b10-7+. The number of methoxy groups -OCH3 is 1. The Morgan fingerprint density at radius 3 is 2.67 bits per heavy atom. The van der Waals surface area contributed by atoms with E-state index in [1.807, 2.05) is 42.5 Å². The van der Waals surface area contributed by atoms with Crippen LogP contribution in [0, 0.1) is 0 Å². The van der Waals surface area contributed by atoms with Crippen LogP contribution >= 0.6 is 11.6 Å². The molecule has 0 bridgehead atoms. The molecule has 2 aromatic rings. The fourth-order valence-corrected chi connectivity index (χ4v) is 1.99. The molecule has 1 N–H and O–H groups in total. The van der Waals surface area contributed by atoms with E-state index in [0.717, 1.165) is 16.9 Å². The van der Waals surface area contributed by atoms with E-state index in [1.165, 1.54) is 6.08 Å². The molecule has 21 heavy (non-hydrogen) atoms. The molecule has 3 nitrogen and oxygen atoms in total. The zero-order valence-electron chi connectivity index (χ0n) is 11.7. The maximum atomic E-state index is 11.7.